The smallest absolute Gasteiger partial charge is 0.148 e. The monoisotopic (exact) mass is 163 g/mol. The summed E-state index contributed by atoms with van der Waals surface area (Å²) in [4.78, 5) is 8.94. The summed E-state index contributed by atoms with van der Waals surface area (Å²) in [5.41, 5.74) is 3.19. The second kappa shape index (κ2) is 2.44. The molecule has 3 nitrogen and oxygen atoms in total. The fourth-order valence-electron chi connectivity index (χ4n) is 1.44. The number of hydrogen-bond donors (Lipinski definition) is 1. The molecule has 0 fully saturated rings. The molecule has 0 spiro atoms. The Morgan fingerprint density at radius 3 is 2.67 bits per heavy atom. The lowest BCUT2D eigenvalue weighted by Crippen LogP contribution is -1.98. The van der Waals surface area contributed by atoms with Gasteiger partial charge in [0.05, 0.1) is 17.1 Å². The van der Waals surface area contributed by atoms with Crippen LogP contribution >= 0.6 is 0 Å². The zero-order chi connectivity index (χ0) is 8.72. The van der Waals surface area contributed by atoms with Gasteiger partial charge >= 0.3 is 0 Å². The number of rotatable bonds is 0. The van der Waals surface area contributed by atoms with Crippen LogP contribution in [0.5, 0.6) is 0 Å². The van der Waals surface area contributed by atoms with Gasteiger partial charge < -0.3 is 5.32 Å². The fourth-order valence-corrected chi connectivity index (χ4v) is 1.44. The van der Waals surface area contributed by atoms with Gasteiger partial charge in [0.2, 0.25) is 0 Å². The average molecular weight is 163 g/mol. The van der Waals surface area contributed by atoms with Crippen LogP contribution in [0.2, 0.25) is 0 Å². The van der Waals surface area contributed by atoms with Gasteiger partial charge in [0.15, 0.2) is 0 Å². The Labute approximate surface area is 72.2 Å². The molecule has 0 saturated carbocycles. The van der Waals surface area contributed by atoms with Crippen molar-refractivity contribution in [3.63, 3.8) is 0 Å². The Morgan fingerprint density at radius 1 is 1.25 bits per heavy atom. The highest BCUT2D eigenvalue weighted by Gasteiger charge is 2.21. The van der Waals surface area contributed by atoms with Gasteiger partial charge in [-0.05, 0) is 13.8 Å². The Bertz CT molecular complexity index is 320. The standard InChI is InChI=1S/C9H13N3/c1-5-4-10-9-8(5)11-6(2)7(3)12-9/h5H,4H2,1-3H3,(H,10,12). The number of aromatic nitrogens is 2. The van der Waals surface area contributed by atoms with Crippen molar-refractivity contribution in [1.29, 1.82) is 0 Å². The van der Waals surface area contributed by atoms with Crippen molar-refractivity contribution < 1.29 is 0 Å². The zero-order valence-corrected chi connectivity index (χ0v) is 7.68. The minimum Gasteiger partial charge on any atom is -0.368 e. The number of nitrogens with one attached hydrogen (secondary N) is 1. The van der Waals surface area contributed by atoms with E-state index in [-0.39, 0.29) is 0 Å². The van der Waals surface area contributed by atoms with Gasteiger partial charge in [-0.15, -0.1) is 0 Å². The molecule has 3 heteroatoms. The normalized spacial score (nSPS) is 20.4. The molecule has 0 radical (unpaired) electrons. The van der Waals surface area contributed by atoms with Gasteiger partial charge in [0, 0.05) is 12.5 Å². The molecule has 1 aromatic rings. The fraction of sp³-hybridized carbons (Fsp3) is 0.556. The molecule has 12 heavy (non-hydrogen) atoms. The van der Waals surface area contributed by atoms with Crippen LogP contribution in [0, 0.1) is 13.8 Å². The summed E-state index contributed by atoms with van der Waals surface area (Å²) in [5.74, 6) is 1.48. The molecule has 1 unspecified atom stereocenters. The minimum absolute atomic E-state index is 0.506. The molecule has 1 aliphatic rings. The number of aryl methyl sites for hydroxylation is 2. The SMILES string of the molecule is Cc1nc2c(nc1C)C(C)CN2. The van der Waals surface area contributed by atoms with E-state index in [0.717, 1.165) is 29.4 Å². The maximum atomic E-state index is 4.51. The maximum Gasteiger partial charge on any atom is 0.148 e. The number of hydrogen-bond acceptors (Lipinski definition) is 3. The first-order valence-electron chi connectivity index (χ1n) is 4.27. The van der Waals surface area contributed by atoms with Gasteiger partial charge in [-0.3, -0.25) is 4.98 Å². The Morgan fingerprint density at radius 2 is 1.92 bits per heavy atom. The third-order valence-corrected chi connectivity index (χ3v) is 2.38. The van der Waals surface area contributed by atoms with Crippen molar-refractivity contribution in [3.05, 3.63) is 17.1 Å². The van der Waals surface area contributed by atoms with Crippen molar-refractivity contribution in [2.75, 3.05) is 11.9 Å². The number of nitrogens with zero attached hydrogens (tertiary/aromatic N) is 2. The Balaban J connectivity index is 2.56. The first kappa shape index (κ1) is 7.53. The van der Waals surface area contributed by atoms with E-state index in [0.29, 0.717) is 5.92 Å². The van der Waals surface area contributed by atoms with Gasteiger partial charge in [0.25, 0.3) is 0 Å². The summed E-state index contributed by atoms with van der Waals surface area (Å²) >= 11 is 0. The quantitative estimate of drug-likeness (QED) is 0.631. The van der Waals surface area contributed by atoms with E-state index in [4.69, 9.17) is 0 Å². The summed E-state index contributed by atoms with van der Waals surface area (Å²) in [6.45, 7) is 7.14. The van der Waals surface area contributed by atoms with Crippen molar-refractivity contribution in [3.8, 4) is 0 Å². The van der Waals surface area contributed by atoms with E-state index >= 15 is 0 Å². The van der Waals surface area contributed by atoms with Crippen LogP contribution in [-0.4, -0.2) is 16.5 Å². The molecule has 0 saturated heterocycles. The molecule has 2 rings (SSSR count). The van der Waals surface area contributed by atoms with Crippen LogP contribution in [0.15, 0.2) is 0 Å². The summed E-state index contributed by atoms with van der Waals surface area (Å²) in [6.07, 6.45) is 0. The van der Waals surface area contributed by atoms with Gasteiger partial charge in [-0.25, -0.2) is 4.98 Å². The molecule has 0 aliphatic carbocycles. The average Bonchev–Trinajstić information content (AvgIpc) is 2.35. The first-order valence-corrected chi connectivity index (χ1v) is 4.27. The lowest BCUT2D eigenvalue weighted by Gasteiger charge is -2.04. The molecule has 0 amide bonds. The Hall–Kier alpha value is -1.12. The zero-order valence-electron chi connectivity index (χ0n) is 7.68. The molecule has 1 aromatic heterocycles. The lowest BCUT2D eigenvalue weighted by atomic mass is 10.1. The van der Waals surface area contributed by atoms with Crippen molar-refractivity contribution in [2.24, 2.45) is 0 Å². The predicted octanol–water partition coefficient (Wildman–Crippen LogP) is 1.62. The third-order valence-electron chi connectivity index (χ3n) is 2.38. The highest BCUT2D eigenvalue weighted by atomic mass is 15.1. The first-order chi connectivity index (χ1) is 5.68. The van der Waals surface area contributed by atoms with Crippen LogP contribution in [0.25, 0.3) is 0 Å². The Kier molecular flexibility index (Phi) is 1.53. The van der Waals surface area contributed by atoms with Crippen LogP contribution in [0.3, 0.4) is 0 Å². The second-order valence-electron chi connectivity index (χ2n) is 3.41. The molecule has 1 aliphatic heterocycles. The molecule has 64 valence electrons. The van der Waals surface area contributed by atoms with E-state index in [9.17, 15) is 0 Å². The minimum atomic E-state index is 0.506. The largest absolute Gasteiger partial charge is 0.368 e. The molecular formula is C9H13N3. The topological polar surface area (TPSA) is 37.8 Å². The van der Waals surface area contributed by atoms with Crippen molar-refractivity contribution in [2.45, 2.75) is 26.7 Å². The molecular weight excluding hydrogens is 150 g/mol. The number of anilines is 1. The van der Waals surface area contributed by atoms with Crippen LogP contribution < -0.4 is 5.32 Å². The van der Waals surface area contributed by atoms with Gasteiger partial charge in [0.1, 0.15) is 5.82 Å². The lowest BCUT2D eigenvalue weighted by molar-refractivity contribution is 0.812. The van der Waals surface area contributed by atoms with Crippen LogP contribution in [0.1, 0.15) is 29.9 Å². The van der Waals surface area contributed by atoms with E-state index in [2.05, 4.69) is 22.2 Å². The van der Waals surface area contributed by atoms with E-state index in [1.807, 2.05) is 13.8 Å². The highest BCUT2D eigenvalue weighted by molar-refractivity contribution is 5.48. The summed E-state index contributed by atoms with van der Waals surface area (Å²) in [7, 11) is 0. The second-order valence-corrected chi connectivity index (χ2v) is 3.41. The van der Waals surface area contributed by atoms with E-state index in [1.165, 1.54) is 0 Å². The molecule has 1 atom stereocenters. The van der Waals surface area contributed by atoms with E-state index in [1.54, 1.807) is 0 Å². The van der Waals surface area contributed by atoms with Gasteiger partial charge in [-0.1, -0.05) is 6.92 Å². The van der Waals surface area contributed by atoms with Crippen LogP contribution in [-0.2, 0) is 0 Å². The van der Waals surface area contributed by atoms with E-state index < -0.39 is 0 Å². The van der Waals surface area contributed by atoms with Crippen LogP contribution in [0.4, 0.5) is 5.82 Å². The predicted molar refractivity (Wildman–Crippen MR) is 48.4 cm³/mol. The molecule has 2 heterocycles. The maximum absolute atomic E-state index is 4.51. The summed E-state index contributed by atoms with van der Waals surface area (Å²) in [5, 5.41) is 3.24. The number of fused-ring (bicyclic) bond motifs is 1. The van der Waals surface area contributed by atoms with Crippen molar-refractivity contribution >= 4 is 5.82 Å². The highest BCUT2D eigenvalue weighted by Crippen LogP contribution is 2.27. The summed E-state index contributed by atoms with van der Waals surface area (Å²) < 4.78 is 0. The third kappa shape index (κ3) is 0.967. The summed E-state index contributed by atoms with van der Waals surface area (Å²) in [6, 6.07) is 0. The van der Waals surface area contributed by atoms with Crippen molar-refractivity contribution in [1.82, 2.24) is 9.97 Å². The molecule has 0 aromatic carbocycles. The van der Waals surface area contributed by atoms with Gasteiger partial charge in [-0.2, -0.15) is 0 Å². The molecule has 0 bridgehead atoms. The molecule has 1 N–H and O–H groups in total.